The number of nitrogens with zero attached hydrogens (tertiary/aromatic N) is 3. The van der Waals surface area contributed by atoms with Crippen LogP contribution in [-0.2, 0) is 0 Å². The largest absolute Gasteiger partial charge is 0.371 e. The van der Waals surface area contributed by atoms with E-state index >= 15 is 0 Å². The van der Waals surface area contributed by atoms with Crippen LogP contribution >= 0.6 is 15.9 Å². The Kier molecular flexibility index (Phi) is 7.03. The van der Waals surface area contributed by atoms with Gasteiger partial charge in [-0.15, -0.1) is 0 Å². The molecule has 4 nitrogen and oxygen atoms in total. The molecular formula is C19H27BrN4. The molecule has 1 aromatic heterocycles. The highest BCUT2D eigenvalue weighted by atomic mass is 79.9. The fourth-order valence-corrected chi connectivity index (χ4v) is 2.70. The fourth-order valence-electron chi connectivity index (χ4n) is 2.49. The van der Waals surface area contributed by atoms with E-state index in [1.807, 2.05) is 0 Å². The Morgan fingerprint density at radius 2 is 1.67 bits per heavy atom. The normalized spacial score (nSPS) is 12.2. The summed E-state index contributed by atoms with van der Waals surface area (Å²) in [4.78, 5) is 11.0. The van der Waals surface area contributed by atoms with Crippen molar-refractivity contribution in [3.05, 3.63) is 41.1 Å². The highest BCUT2D eigenvalue weighted by molar-refractivity contribution is 9.10. The second-order valence-electron chi connectivity index (χ2n) is 6.71. The highest BCUT2D eigenvalue weighted by Gasteiger charge is 2.12. The van der Waals surface area contributed by atoms with Crippen LogP contribution in [0.1, 0.15) is 34.1 Å². The summed E-state index contributed by atoms with van der Waals surface area (Å²) in [5, 5.41) is 3.23. The molecule has 0 fully saturated rings. The Morgan fingerprint density at radius 1 is 1.04 bits per heavy atom. The van der Waals surface area contributed by atoms with Crippen LogP contribution in [0, 0.1) is 11.8 Å². The van der Waals surface area contributed by atoms with Crippen molar-refractivity contribution in [2.45, 2.75) is 34.1 Å². The third kappa shape index (κ3) is 5.78. The average Bonchev–Trinajstić information content (AvgIpc) is 2.56. The van der Waals surface area contributed by atoms with Gasteiger partial charge in [-0.3, -0.25) is 0 Å². The van der Waals surface area contributed by atoms with E-state index in [2.05, 4.69) is 88.1 Å². The van der Waals surface area contributed by atoms with Gasteiger partial charge in [-0.1, -0.05) is 34.1 Å². The number of anilines is 3. The van der Waals surface area contributed by atoms with Crippen molar-refractivity contribution >= 4 is 33.3 Å². The maximum absolute atomic E-state index is 4.24. The molecule has 24 heavy (non-hydrogen) atoms. The molecule has 2 aromatic rings. The van der Waals surface area contributed by atoms with Crippen molar-refractivity contribution in [1.82, 2.24) is 9.97 Å². The van der Waals surface area contributed by atoms with E-state index in [0.717, 1.165) is 23.2 Å². The van der Waals surface area contributed by atoms with Gasteiger partial charge in [-0.05, 0) is 52.0 Å². The van der Waals surface area contributed by atoms with Gasteiger partial charge in [0.05, 0.1) is 4.47 Å². The lowest BCUT2D eigenvalue weighted by molar-refractivity contribution is 0.513. The standard InChI is InChI=1S/C19H27BrN4/c1-5-15(4)13-24(12-14(2)3)18-8-6-17(7-9-18)23-19-21-10-16(20)11-22-19/h6-11,14-15H,5,12-13H2,1-4H3,(H,21,22,23)/t15-/m1/s1. The van der Waals surface area contributed by atoms with E-state index in [0.29, 0.717) is 17.8 Å². The second kappa shape index (κ2) is 9.02. The Hall–Kier alpha value is -1.62. The first kappa shape index (κ1) is 18.7. The summed E-state index contributed by atoms with van der Waals surface area (Å²) in [6.07, 6.45) is 4.68. The third-order valence-corrected chi connectivity index (χ3v) is 4.33. The summed E-state index contributed by atoms with van der Waals surface area (Å²) in [6, 6.07) is 8.52. The first-order chi connectivity index (χ1) is 11.5. The molecule has 0 saturated carbocycles. The quantitative estimate of drug-likeness (QED) is 0.646. The molecule has 0 aliphatic rings. The molecular weight excluding hydrogens is 364 g/mol. The smallest absolute Gasteiger partial charge is 0.227 e. The summed E-state index contributed by atoms with van der Waals surface area (Å²) < 4.78 is 0.873. The first-order valence-electron chi connectivity index (χ1n) is 8.57. The zero-order valence-electron chi connectivity index (χ0n) is 15.0. The maximum atomic E-state index is 4.24. The lowest BCUT2D eigenvalue weighted by Crippen LogP contribution is -2.31. The van der Waals surface area contributed by atoms with E-state index in [-0.39, 0.29) is 0 Å². The van der Waals surface area contributed by atoms with Crippen molar-refractivity contribution in [2.24, 2.45) is 11.8 Å². The SMILES string of the molecule is CC[C@@H](C)CN(CC(C)C)c1ccc(Nc2ncc(Br)cn2)cc1. The molecule has 0 unspecified atom stereocenters. The minimum Gasteiger partial charge on any atom is -0.371 e. The molecule has 0 aliphatic heterocycles. The number of hydrogen-bond donors (Lipinski definition) is 1. The van der Waals surface area contributed by atoms with E-state index in [1.165, 1.54) is 12.1 Å². The summed E-state index contributed by atoms with van der Waals surface area (Å²) in [6.45, 7) is 11.3. The predicted molar refractivity (Wildman–Crippen MR) is 106 cm³/mol. The summed E-state index contributed by atoms with van der Waals surface area (Å²) in [5.74, 6) is 1.94. The number of nitrogens with one attached hydrogen (secondary N) is 1. The van der Waals surface area contributed by atoms with Crippen LogP contribution in [-0.4, -0.2) is 23.1 Å². The molecule has 0 radical (unpaired) electrons. The lowest BCUT2D eigenvalue weighted by atomic mass is 10.1. The van der Waals surface area contributed by atoms with Crippen molar-refractivity contribution < 1.29 is 0 Å². The zero-order chi connectivity index (χ0) is 17.5. The molecule has 0 bridgehead atoms. The van der Waals surface area contributed by atoms with Crippen LogP contribution < -0.4 is 10.2 Å². The monoisotopic (exact) mass is 390 g/mol. The van der Waals surface area contributed by atoms with Gasteiger partial charge in [-0.2, -0.15) is 0 Å². The van der Waals surface area contributed by atoms with Gasteiger partial charge in [0.25, 0.3) is 0 Å². The Labute approximate surface area is 153 Å². The topological polar surface area (TPSA) is 41.0 Å². The van der Waals surface area contributed by atoms with Crippen molar-refractivity contribution in [3.63, 3.8) is 0 Å². The van der Waals surface area contributed by atoms with E-state index in [9.17, 15) is 0 Å². The van der Waals surface area contributed by atoms with E-state index < -0.39 is 0 Å². The van der Waals surface area contributed by atoms with Crippen molar-refractivity contribution in [3.8, 4) is 0 Å². The molecule has 0 saturated heterocycles. The van der Waals surface area contributed by atoms with Crippen molar-refractivity contribution in [1.29, 1.82) is 0 Å². The number of rotatable bonds is 8. The Morgan fingerprint density at radius 3 is 2.21 bits per heavy atom. The average molecular weight is 391 g/mol. The van der Waals surface area contributed by atoms with Crippen molar-refractivity contribution in [2.75, 3.05) is 23.3 Å². The second-order valence-corrected chi connectivity index (χ2v) is 7.62. The maximum Gasteiger partial charge on any atom is 0.227 e. The molecule has 0 spiro atoms. The summed E-state index contributed by atoms with van der Waals surface area (Å²) >= 11 is 3.34. The molecule has 0 amide bonds. The lowest BCUT2D eigenvalue weighted by Gasteiger charge is -2.29. The van der Waals surface area contributed by atoms with Gasteiger partial charge in [0.15, 0.2) is 0 Å². The third-order valence-electron chi connectivity index (χ3n) is 3.92. The van der Waals surface area contributed by atoms with Gasteiger partial charge in [0, 0.05) is 36.9 Å². The number of benzene rings is 1. The van der Waals surface area contributed by atoms with Crippen LogP contribution in [0.3, 0.4) is 0 Å². The number of aromatic nitrogens is 2. The predicted octanol–water partition coefficient (Wildman–Crippen LogP) is 5.49. The Bertz CT molecular complexity index is 610. The number of halogens is 1. The summed E-state index contributed by atoms with van der Waals surface area (Å²) in [7, 11) is 0. The first-order valence-corrected chi connectivity index (χ1v) is 9.36. The van der Waals surface area contributed by atoms with E-state index in [4.69, 9.17) is 0 Å². The summed E-state index contributed by atoms with van der Waals surface area (Å²) in [5.41, 5.74) is 2.26. The van der Waals surface area contributed by atoms with E-state index in [1.54, 1.807) is 12.4 Å². The molecule has 1 heterocycles. The van der Waals surface area contributed by atoms with Gasteiger partial charge in [0.2, 0.25) is 5.95 Å². The highest BCUT2D eigenvalue weighted by Crippen LogP contribution is 2.22. The van der Waals surface area contributed by atoms with Crippen LogP contribution in [0.15, 0.2) is 41.1 Å². The molecule has 1 atom stereocenters. The van der Waals surface area contributed by atoms with Crippen LogP contribution in [0.5, 0.6) is 0 Å². The molecule has 1 N–H and O–H groups in total. The molecule has 130 valence electrons. The van der Waals surface area contributed by atoms with Crippen LogP contribution in [0.4, 0.5) is 17.3 Å². The van der Waals surface area contributed by atoms with Gasteiger partial charge in [-0.25, -0.2) is 9.97 Å². The molecule has 0 aliphatic carbocycles. The van der Waals surface area contributed by atoms with Gasteiger partial charge < -0.3 is 10.2 Å². The molecule has 1 aromatic carbocycles. The minimum absolute atomic E-state index is 0.601. The molecule has 2 rings (SSSR count). The zero-order valence-corrected chi connectivity index (χ0v) is 16.5. The van der Waals surface area contributed by atoms with Crippen LogP contribution in [0.25, 0.3) is 0 Å². The van der Waals surface area contributed by atoms with Gasteiger partial charge >= 0.3 is 0 Å². The van der Waals surface area contributed by atoms with Crippen LogP contribution in [0.2, 0.25) is 0 Å². The number of hydrogen-bond acceptors (Lipinski definition) is 4. The van der Waals surface area contributed by atoms with Gasteiger partial charge in [0.1, 0.15) is 0 Å². The molecule has 5 heteroatoms. The Balaban J connectivity index is 2.08. The minimum atomic E-state index is 0.601. The fraction of sp³-hybridized carbons (Fsp3) is 0.474.